The Kier molecular flexibility index (Phi) is 10.5. The number of amides is 2. The summed E-state index contributed by atoms with van der Waals surface area (Å²) in [6.07, 6.45) is 1.34. The van der Waals surface area contributed by atoms with Gasteiger partial charge in [0.1, 0.15) is 18.3 Å². The smallest absolute Gasteiger partial charge is 0.244 e. The number of hydrogen-bond donors (Lipinski definition) is 1. The van der Waals surface area contributed by atoms with Gasteiger partial charge in [-0.1, -0.05) is 42.3 Å². The highest BCUT2D eigenvalue weighted by atomic mass is 35.5. The van der Waals surface area contributed by atoms with E-state index in [9.17, 15) is 18.0 Å². The number of benzene rings is 2. The van der Waals surface area contributed by atoms with Crippen molar-refractivity contribution in [3.63, 3.8) is 0 Å². The molecule has 2 aromatic carbocycles. The lowest BCUT2D eigenvalue weighted by molar-refractivity contribution is -0.140. The second kappa shape index (κ2) is 12.7. The third-order valence-corrected chi connectivity index (χ3v) is 7.30. The molecule has 0 radical (unpaired) electrons. The summed E-state index contributed by atoms with van der Waals surface area (Å²) in [6.45, 7) is 6.76. The highest BCUT2D eigenvalue weighted by molar-refractivity contribution is 7.92. The van der Waals surface area contributed by atoms with Gasteiger partial charge in [-0.15, -0.1) is 0 Å². The van der Waals surface area contributed by atoms with E-state index in [1.165, 1.54) is 12.0 Å². The van der Waals surface area contributed by atoms with Crippen LogP contribution in [0.15, 0.2) is 36.4 Å². The molecule has 0 fully saturated rings. The van der Waals surface area contributed by atoms with Gasteiger partial charge in [0.25, 0.3) is 0 Å². The van der Waals surface area contributed by atoms with Crippen LogP contribution in [0.25, 0.3) is 0 Å². The molecule has 0 aliphatic carbocycles. The normalized spacial score (nSPS) is 12.2. The van der Waals surface area contributed by atoms with Crippen LogP contribution in [-0.2, 0) is 26.2 Å². The fraction of sp³-hybridized carbons (Fsp3) is 0.440. The van der Waals surface area contributed by atoms with Crippen LogP contribution >= 0.6 is 23.2 Å². The van der Waals surface area contributed by atoms with E-state index in [0.717, 1.165) is 16.1 Å². The van der Waals surface area contributed by atoms with E-state index in [2.05, 4.69) is 5.32 Å². The molecule has 0 saturated heterocycles. The zero-order valence-corrected chi connectivity index (χ0v) is 23.7. The number of hydrogen-bond acceptors (Lipinski definition) is 5. The maximum absolute atomic E-state index is 13.7. The number of carbonyl (C=O) groups excluding carboxylic acids is 2. The SMILES string of the molecule is CC[C@H](C(=O)NC(C)C)N(Cc1ccc(Cl)c(Cl)c1)C(=O)CN(c1cc(C)ccc1OC)S(C)(=O)=O. The molecule has 0 spiro atoms. The Morgan fingerprint density at radius 2 is 1.75 bits per heavy atom. The number of nitrogens with one attached hydrogen (secondary N) is 1. The molecule has 2 aromatic rings. The topological polar surface area (TPSA) is 96.0 Å². The summed E-state index contributed by atoms with van der Waals surface area (Å²) < 4.78 is 32.0. The van der Waals surface area contributed by atoms with Crippen molar-refractivity contribution in [2.24, 2.45) is 0 Å². The average molecular weight is 559 g/mol. The molecule has 1 N–H and O–H groups in total. The molecule has 2 amide bonds. The quantitative estimate of drug-likeness (QED) is 0.441. The number of nitrogens with zero attached hydrogens (tertiary/aromatic N) is 2. The first-order valence-corrected chi connectivity index (χ1v) is 14.0. The molecule has 8 nitrogen and oxygen atoms in total. The van der Waals surface area contributed by atoms with Crippen molar-refractivity contribution in [2.45, 2.75) is 52.7 Å². The number of anilines is 1. The predicted octanol–water partition coefficient (Wildman–Crippen LogP) is 4.41. The van der Waals surface area contributed by atoms with E-state index < -0.39 is 28.5 Å². The first-order valence-electron chi connectivity index (χ1n) is 11.4. The van der Waals surface area contributed by atoms with E-state index in [1.807, 2.05) is 20.8 Å². The van der Waals surface area contributed by atoms with Gasteiger partial charge in [-0.2, -0.15) is 0 Å². The number of methoxy groups -OCH3 is 1. The fourth-order valence-corrected chi connectivity index (χ4v) is 4.89. The lowest BCUT2D eigenvalue weighted by atomic mass is 10.1. The van der Waals surface area contributed by atoms with Crippen molar-refractivity contribution in [3.05, 3.63) is 57.6 Å². The monoisotopic (exact) mass is 557 g/mol. The maximum Gasteiger partial charge on any atom is 0.244 e. The molecule has 11 heteroatoms. The molecule has 0 aromatic heterocycles. The van der Waals surface area contributed by atoms with Crippen LogP contribution in [0, 0.1) is 6.92 Å². The molecule has 0 heterocycles. The summed E-state index contributed by atoms with van der Waals surface area (Å²) in [5.74, 6) is -0.583. The summed E-state index contributed by atoms with van der Waals surface area (Å²) in [5, 5.41) is 3.51. The van der Waals surface area contributed by atoms with Gasteiger partial charge in [0, 0.05) is 12.6 Å². The standard InChI is InChI=1S/C25H33Cl2N3O5S/c1-7-21(25(32)28-16(2)3)29(14-18-9-10-19(26)20(27)13-18)24(31)15-30(36(6,33)34)22-12-17(4)8-11-23(22)35-5/h8-13,16,21H,7,14-15H2,1-6H3,(H,28,32)/t21-/m1/s1. The molecule has 0 aliphatic rings. The van der Waals surface area contributed by atoms with Crippen molar-refractivity contribution in [2.75, 3.05) is 24.2 Å². The highest BCUT2D eigenvalue weighted by Gasteiger charge is 2.33. The van der Waals surface area contributed by atoms with Crippen molar-refractivity contribution >= 4 is 50.7 Å². The molecule has 36 heavy (non-hydrogen) atoms. The van der Waals surface area contributed by atoms with Crippen molar-refractivity contribution < 1.29 is 22.7 Å². The number of ether oxygens (including phenoxy) is 1. The zero-order chi connectivity index (χ0) is 27.2. The lowest BCUT2D eigenvalue weighted by Crippen LogP contribution is -2.53. The fourth-order valence-electron chi connectivity index (χ4n) is 3.72. The minimum absolute atomic E-state index is 0.0301. The Morgan fingerprint density at radius 3 is 2.28 bits per heavy atom. The summed E-state index contributed by atoms with van der Waals surface area (Å²) in [5.41, 5.74) is 1.68. The molecule has 1 atom stereocenters. The molecule has 0 bridgehead atoms. The third-order valence-electron chi connectivity index (χ3n) is 5.44. The molecule has 0 saturated carbocycles. The number of rotatable bonds is 11. The molecular weight excluding hydrogens is 525 g/mol. The van der Waals surface area contributed by atoms with Crippen LogP contribution < -0.4 is 14.4 Å². The van der Waals surface area contributed by atoms with E-state index in [4.69, 9.17) is 27.9 Å². The summed E-state index contributed by atoms with van der Waals surface area (Å²) in [7, 11) is -2.46. The second-order valence-electron chi connectivity index (χ2n) is 8.80. The van der Waals surface area contributed by atoms with Crippen LogP contribution in [0.1, 0.15) is 38.3 Å². The molecule has 0 aliphatic heterocycles. The Balaban J connectivity index is 2.54. The number of carbonyl (C=O) groups is 2. The van der Waals surface area contributed by atoms with Gasteiger partial charge in [-0.3, -0.25) is 13.9 Å². The Bertz CT molecular complexity index is 1200. The minimum Gasteiger partial charge on any atom is -0.495 e. The number of halogens is 2. The Morgan fingerprint density at radius 1 is 1.08 bits per heavy atom. The molecule has 2 rings (SSSR count). The summed E-state index contributed by atoms with van der Waals surface area (Å²) >= 11 is 12.2. The first kappa shape index (κ1) is 29.7. The van der Waals surface area contributed by atoms with E-state index in [-0.39, 0.29) is 24.2 Å². The summed E-state index contributed by atoms with van der Waals surface area (Å²) in [6, 6.07) is 9.02. The van der Waals surface area contributed by atoms with Crippen molar-refractivity contribution in [1.29, 1.82) is 0 Å². The number of aryl methyl sites for hydroxylation is 1. The van der Waals surface area contributed by atoms with Crippen molar-refractivity contribution in [3.8, 4) is 5.75 Å². The van der Waals surface area contributed by atoms with E-state index in [1.54, 1.807) is 43.3 Å². The number of sulfonamides is 1. The zero-order valence-electron chi connectivity index (χ0n) is 21.3. The molecular formula is C25H33Cl2N3O5S. The van der Waals surface area contributed by atoms with Gasteiger partial charge in [0.2, 0.25) is 21.8 Å². The average Bonchev–Trinajstić information content (AvgIpc) is 2.78. The van der Waals surface area contributed by atoms with E-state index >= 15 is 0 Å². The lowest BCUT2D eigenvalue weighted by Gasteiger charge is -2.33. The largest absolute Gasteiger partial charge is 0.495 e. The highest BCUT2D eigenvalue weighted by Crippen LogP contribution is 2.31. The Hall–Kier alpha value is -2.49. The van der Waals surface area contributed by atoms with E-state index in [0.29, 0.717) is 27.8 Å². The van der Waals surface area contributed by atoms with Crippen LogP contribution in [0.3, 0.4) is 0 Å². The minimum atomic E-state index is -3.89. The van der Waals surface area contributed by atoms with Gasteiger partial charge in [-0.25, -0.2) is 8.42 Å². The van der Waals surface area contributed by atoms with Crippen LogP contribution in [0.5, 0.6) is 5.75 Å². The van der Waals surface area contributed by atoms with Gasteiger partial charge in [0.05, 0.1) is 29.1 Å². The first-order chi connectivity index (χ1) is 16.8. The van der Waals surface area contributed by atoms with Gasteiger partial charge < -0.3 is 15.0 Å². The maximum atomic E-state index is 13.7. The Labute approximate surface area is 223 Å². The summed E-state index contributed by atoms with van der Waals surface area (Å²) in [4.78, 5) is 28.2. The second-order valence-corrected chi connectivity index (χ2v) is 11.5. The predicted molar refractivity (Wildman–Crippen MR) is 144 cm³/mol. The van der Waals surface area contributed by atoms with Crippen LogP contribution in [0.4, 0.5) is 5.69 Å². The van der Waals surface area contributed by atoms with Crippen LogP contribution in [0.2, 0.25) is 10.0 Å². The van der Waals surface area contributed by atoms with Gasteiger partial charge in [-0.05, 0) is 62.6 Å². The molecule has 198 valence electrons. The van der Waals surface area contributed by atoms with Gasteiger partial charge in [0.15, 0.2) is 0 Å². The van der Waals surface area contributed by atoms with Gasteiger partial charge >= 0.3 is 0 Å². The molecule has 0 unspecified atom stereocenters. The van der Waals surface area contributed by atoms with Crippen molar-refractivity contribution in [1.82, 2.24) is 10.2 Å². The third kappa shape index (κ3) is 7.75. The van der Waals surface area contributed by atoms with Crippen LogP contribution in [-0.4, -0.2) is 57.1 Å².